The van der Waals surface area contributed by atoms with Crippen molar-refractivity contribution in [3.63, 3.8) is 0 Å². The molecule has 146 valence electrons. The molecular weight excluding hydrogens is 444 g/mol. The number of ether oxygens (including phenoxy) is 2. The Bertz CT molecular complexity index is 954. The number of benzene rings is 2. The van der Waals surface area contributed by atoms with Crippen LogP contribution in [0.2, 0.25) is 0 Å². The van der Waals surface area contributed by atoms with Crippen molar-refractivity contribution < 1.29 is 18.7 Å². The highest BCUT2D eigenvalue weighted by Gasteiger charge is 2.19. The molecule has 0 aliphatic heterocycles. The maximum absolute atomic E-state index is 12.5. The maximum Gasteiger partial charge on any atom is 0.256 e. The van der Waals surface area contributed by atoms with E-state index in [0.717, 1.165) is 10.0 Å². The van der Waals surface area contributed by atoms with Gasteiger partial charge in [0.25, 0.3) is 5.22 Å². The highest BCUT2D eigenvalue weighted by atomic mass is 79.9. The first kappa shape index (κ1) is 20.3. The zero-order valence-corrected chi connectivity index (χ0v) is 18.0. The van der Waals surface area contributed by atoms with Gasteiger partial charge in [0.15, 0.2) is 5.76 Å². The molecule has 1 N–H and O–H groups in total. The number of thioether (sulfide) groups is 1. The minimum Gasteiger partial charge on any atom is -0.497 e. The van der Waals surface area contributed by atoms with Gasteiger partial charge in [0.2, 0.25) is 5.91 Å². The molecule has 1 heterocycles. The van der Waals surface area contributed by atoms with E-state index in [1.165, 1.54) is 11.8 Å². The van der Waals surface area contributed by atoms with Crippen LogP contribution in [0.4, 0.5) is 5.69 Å². The Labute approximate surface area is 175 Å². The molecule has 0 aliphatic rings. The molecule has 0 fully saturated rings. The van der Waals surface area contributed by atoms with Gasteiger partial charge in [-0.3, -0.25) is 4.79 Å². The Morgan fingerprint density at radius 1 is 1.18 bits per heavy atom. The SMILES string of the molecule is COc1cc(NC(=O)[C@H](C)Sc2ncc(-c3cccc(Br)c3)o2)cc(OC)c1. The van der Waals surface area contributed by atoms with Gasteiger partial charge in [0, 0.05) is 33.9 Å². The van der Waals surface area contributed by atoms with Gasteiger partial charge >= 0.3 is 0 Å². The number of halogens is 1. The fraction of sp³-hybridized carbons (Fsp3) is 0.200. The summed E-state index contributed by atoms with van der Waals surface area (Å²) in [6.07, 6.45) is 1.65. The molecule has 8 heteroatoms. The van der Waals surface area contributed by atoms with Gasteiger partial charge in [-0.1, -0.05) is 39.8 Å². The second-order valence-electron chi connectivity index (χ2n) is 5.85. The fourth-order valence-electron chi connectivity index (χ4n) is 2.42. The number of amides is 1. The van der Waals surface area contributed by atoms with E-state index in [2.05, 4.69) is 26.2 Å². The van der Waals surface area contributed by atoms with Crippen LogP contribution in [0.5, 0.6) is 11.5 Å². The predicted molar refractivity (Wildman–Crippen MR) is 113 cm³/mol. The zero-order valence-electron chi connectivity index (χ0n) is 15.6. The molecule has 3 aromatic rings. The lowest BCUT2D eigenvalue weighted by Crippen LogP contribution is -2.22. The van der Waals surface area contributed by atoms with Crippen molar-refractivity contribution in [1.82, 2.24) is 4.98 Å². The molecule has 3 rings (SSSR count). The third-order valence-electron chi connectivity index (χ3n) is 3.86. The number of carbonyl (C=O) groups is 1. The van der Waals surface area contributed by atoms with Crippen LogP contribution in [0.3, 0.4) is 0 Å². The summed E-state index contributed by atoms with van der Waals surface area (Å²) < 4.78 is 17.2. The normalized spacial score (nSPS) is 11.7. The number of hydrogen-bond donors (Lipinski definition) is 1. The van der Waals surface area contributed by atoms with Gasteiger partial charge in [-0.25, -0.2) is 4.98 Å². The Morgan fingerprint density at radius 3 is 2.54 bits per heavy atom. The van der Waals surface area contributed by atoms with Crippen LogP contribution in [0.25, 0.3) is 11.3 Å². The zero-order chi connectivity index (χ0) is 20.1. The number of nitrogens with zero attached hydrogens (tertiary/aromatic N) is 1. The molecule has 6 nitrogen and oxygen atoms in total. The molecule has 0 saturated carbocycles. The lowest BCUT2D eigenvalue weighted by Gasteiger charge is -2.12. The highest BCUT2D eigenvalue weighted by molar-refractivity contribution is 9.10. The number of oxazole rings is 1. The van der Waals surface area contributed by atoms with E-state index in [1.54, 1.807) is 45.5 Å². The monoisotopic (exact) mass is 462 g/mol. The summed E-state index contributed by atoms with van der Waals surface area (Å²) in [5, 5.41) is 2.88. The molecule has 0 unspecified atom stereocenters. The summed E-state index contributed by atoms with van der Waals surface area (Å²) in [5.74, 6) is 1.67. The summed E-state index contributed by atoms with van der Waals surface area (Å²) in [4.78, 5) is 16.8. The van der Waals surface area contributed by atoms with Gasteiger partial charge in [-0.05, 0) is 19.1 Å². The van der Waals surface area contributed by atoms with Crippen molar-refractivity contribution in [2.45, 2.75) is 17.4 Å². The average Bonchev–Trinajstić information content (AvgIpc) is 3.16. The van der Waals surface area contributed by atoms with Crippen LogP contribution in [-0.2, 0) is 4.79 Å². The molecule has 0 spiro atoms. The van der Waals surface area contributed by atoms with E-state index in [0.29, 0.717) is 28.2 Å². The van der Waals surface area contributed by atoms with Crippen LogP contribution in [0, 0.1) is 0 Å². The van der Waals surface area contributed by atoms with Crippen molar-refractivity contribution in [1.29, 1.82) is 0 Å². The summed E-state index contributed by atoms with van der Waals surface area (Å²) in [6, 6.07) is 12.9. The molecular formula is C20H19BrN2O4S. The van der Waals surface area contributed by atoms with E-state index < -0.39 is 5.25 Å². The Morgan fingerprint density at radius 2 is 1.89 bits per heavy atom. The first-order valence-corrected chi connectivity index (χ1v) is 10.1. The van der Waals surface area contributed by atoms with Crippen molar-refractivity contribution >= 4 is 39.3 Å². The smallest absolute Gasteiger partial charge is 0.256 e. The van der Waals surface area contributed by atoms with Gasteiger partial charge in [-0.15, -0.1) is 0 Å². The Hall–Kier alpha value is -2.45. The second kappa shape index (κ2) is 9.16. The second-order valence-corrected chi connectivity index (χ2v) is 8.06. The Balaban J connectivity index is 1.66. The Kier molecular flexibility index (Phi) is 6.64. The summed E-state index contributed by atoms with van der Waals surface area (Å²) in [5.41, 5.74) is 1.50. The summed E-state index contributed by atoms with van der Waals surface area (Å²) >= 11 is 4.69. The fourth-order valence-corrected chi connectivity index (χ4v) is 3.54. The van der Waals surface area contributed by atoms with Crippen LogP contribution in [0.1, 0.15) is 6.92 Å². The van der Waals surface area contributed by atoms with Crippen LogP contribution >= 0.6 is 27.7 Å². The molecule has 1 amide bonds. The minimum absolute atomic E-state index is 0.178. The highest BCUT2D eigenvalue weighted by Crippen LogP contribution is 2.30. The van der Waals surface area contributed by atoms with Crippen LogP contribution < -0.4 is 14.8 Å². The molecule has 2 aromatic carbocycles. The van der Waals surface area contributed by atoms with E-state index >= 15 is 0 Å². The lowest BCUT2D eigenvalue weighted by molar-refractivity contribution is -0.115. The van der Waals surface area contributed by atoms with E-state index in [4.69, 9.17) is 13.9 Å². The molecule has 28 heavy (non-hydrogen) atoms. The number of hydrogen-bond acceptors (Lipinski definition) is 6. The number of anilines is 1. The first-order valence-electron chi connectivity index (χ1n) is 8.41. The number of aromatic nitrogens is 1. The summed E-state index contributed by atoms with van der Waals surface area (Å²) in [7, 11) is 3.12. The van der Waals surface area contributed by atoms with Crippen molar-refractivity contribution in [2.24, 2.45) is 0 Å². The quantitative estimate of drug-likeness (QED) is 0.483. The molecule has 1 atom stereocenters. The molecule has 0 bridgehead atoms. The van der Waals surface area contributed by atoms with Gasteiger partial charge in [-0.2, -0.15) is 0 Å². The molecule has 0 aliphatic carbocycles. The maximum atomic E-state index is 12.5. The third kappa shape index (κ3) is 5.08. The number of nitrogens with one attached hydrogen (secondary N) is 1. The standard InChI is InChI=1S/C20H19BrN2O4S/c1-12(19(24)23-15-8-16(25-2)10-17(9-15)26-3)28-20-22-11-18(27-20)13-5-4-6-14(21)7-13/h4-12H,1-3H3,(H,23,24)/t12-/m0/s1. The largest absolute Gasteiger partial charge is 0.497 e. The number of rotatable bonds is 7. The van der Waals surface area contributed by atoms with Crippen molar-refractivity contribution in [2.75, 3.05) is 19.5 Å². The van der Waals surface area contributed by atoms with E-state index in [9.17, 15) is 4.79 Å². The van der Waals surface area contributed by atoms with Crippen molar-refractivity contribution in [3.8, 4) is 22.8 Å². The predicted octanol–water partition coefficient (Wildman–Crippen LogP) is 5.24. The third-order valence-corrected chi connectivity index (χ3v) is 5.31. The molecule has 0 saturated heterocycles. The molecule has 0 radical (unpaired) electrons. The number of methoxy groups -OCH3 is 2. The minimum atomic E-state index is -0.411. The van der Waals surface area contributed by atoms with Gasteiger partial charge in [0.1, 0.15) is 11.5 Å². The van der Waals surface area contributed by atoms with Crippen LogP contribution in [-0.4, -0.2) is 30.4 Å². The average molecular weight is 463 g/mol. The summed E-state index contributed by atoms with van der Waals surface area (Å²) in [6.45, 7) is 1.79. The van der Waals surface area contributed by atoms with E-state index in [-0.39, 0.29) is 5.91 Å². The topological polar surface area (TPSA) is 73.6 Å². The van der Waals surface area contributed by atoms with E-state index in [1.807, 2.05) is 24.3 Å². The van der Waals surface area contributed by atoms with Gasteiger partial charge in [0.05, 0.1) is 25.7 Å². The lowest BCUT2D eigenvalue weighted by atomic mass is 10.2. The number of carbonyl (C=O) groups excluding carboxylic acids is 1. The van der Waals surface area contributed by atoms with Crippen molar-refractivity contribution in [3.05, 3.63) is 53.1 Å². The van der Waals surface area contributed by atoms with Crippen LogP contribution in [0.15, 0.2) is 62.8 Å². The molecule has 1 aromatic heterocycles. The first-order chi connectivity index (χ1) is 13.5. The van der Waals surface area contributed by atoms with Gasteiger partial charge < -0.3 is 19.2 Å².